The summed E-state index contributed by atoms with van der Waals surface area (Å²) in [7, 11) is 0. The molecule has 0 spiro atoms. The van der Waals surface area contributed by atoms with Gasteiger partial charge in [0.25, 0.3) is 0 Å². The van der Waals surface area contributed by atoms with Gasteiger partial charge in [0.1, 0.15) is 5.75 Å². The minimum Gasteiger partial charge on any atom is -0.507 e. The number of phenolic OH excluding ortho intramolecular Hbond substituents is 1. The molecule has 0 fully saturated rings. The molecule has 2 N–H and O–H groups in total. The molecule has 9 heteroatoms. The molecule has 0 radical (unpaired) electrons. The Labute approximate surface area is 200 Å². The summed E-state index contributed by atoms with van der Waals surface area (Å²) in [6.45, 7) is 0. The van der Waals surface area contributed by atoms with E-state index in [1.165, 1.54) is 11.8 Å². The average molecular weight is 560 g/mol. The van der Waals surface area contributed by atoms with Crippen LogP contribution in [0.1, 0.15) is 0 Å². The quantitative estimate of drug-likeness (QED) is 0.288. The van der Waals surface area contributed by atoms with E-state index in [1.807, 2.05) is 59.2 Å². The van der Waals surface area contributed by atoms with Crippen LogP contribution in [0.2, 0.25) is 0 Å². The number of aromatic hydroxyl groups is 1. The van der Waals surface area contributed by atoms with E-state index in [4.69, 9.17) is 0 Å². The van der Waals surface area contributed by atoms with Gasteiger partial charge in [-0.1, -0.05) is 58.0 Å². The summed E-state index contributed by atoms with van der Waals surface area (Å²) in [5, 5.41) is 22.4. The van der Waals surface area contributed by atoms with Gasteiger partial charge in [0, 0.05) is 14.6 Å². The lowest BCUT2D eigenvalue weighted by atomic mass is 10.2. The number of rotatable bonds is 6. The molecule has 6 nitrogen and oxygen atoms in total. The van der Waals surface area contributed by atoms with Crippen molar-refractivity contribution in [2.75, 3.05) is 11.1 Å². The van der Waals surface area contributed by atoms with Crippen LogP contribution in [0.15, 0.2) is 86.9 Å². The van der Waals surface area contributed by atoms with Crippen LogP contribution < -0.4 is 5.32 Å². The molecule has 31 heavy (non-hydrogen) atoms. The molecule has 4 aromatic rings. The zero-order chi connectivity index (χ0) is 21.8. The molecule has 0 atom stereocenters. The van der Waals surface area contributed by atoms with Gasteiger partial charge in [0.15, 0.2) is 11.0 Å². The van der Waals surface area contributed by atoms with Crippen LogP contribution in [0.3, 0.4) is 0 Å². The first-order chi connectivity index (χ1) is 15.0. The fourth-order valence-corrected chi connectivity index (χ4v) is 4.41. The molecule has 0 aliphatic carbocycles. The van der Waals surface area contributed by atoms with Crippen LogP contribution in [-0.2, 0) is 4.79 Å². The van der Waals surface area contributed by atoms with Crippen LogP contribution in [0.5, 0.6) is 5.75 Å². The molecule has 1 heterocycles. The summed E-state index contributed by atoms with van der Waals surface area (Å²) < 4.78 is 3.45. The Bertz CT molecular complexity index is 1230. The summed E-state index contributed by atoms with van der Waals surface area (Å²) in [5.41, 5.74) is 2.07. The van der Waals surface area contributed by atoms with Crippen LogP contribution in [-0.4, -0.2) is 31.5 Å². The Balaban J connectivity index is 1.64. The lowest BCUT2D eigenvalue weighted by Crippen LogP contribution is -2.15. The molecular weight excluding hydrogens is 544 g/mol. The maximum atomic E-state index is 12.5. The molecule has 0 saturated heterocycles. The summed E-state index contributed by atoms with van der Waals surface area (Å²) in [6, 6.07) is 22.2. The van der Waals surface area contributed by atoms with Crippen LogP contribution in [0, 0.1) is 0 Å². The van der Waals surface area contributed by atoms with E-state index < -0.39 is 0 Å². The number of carbonyl (C=O) groups excluding carboxylic acids is 1. The highest BCUT2D eigenvalue weighted by molar-refractivity contribution is 9.10. The molecule has 3 aromatic carbocycles. The predicted octanol–water partition coefficient (Wildman–Crippen LogP) is 5.90. The lowest BCUT2D eigenvalue weighted by molar-refractivity contribution is -0.113. The summed E-state index contributed by atoms with van der Waals surface area (Å²) in [5.74, 6) is 0.567. The highest BCUT2D eigenvalue weighted by Gasteiger charge is 2.20. The maximum absolute atomic E-state index is 12.5. The normalized spacial score (nSPS) is 10.8. The Morgan fingerprint density at radius 3 is 2.52 bits per heavy atom. The van der Waals surface area contributed by atoms with E-state index in [1.54, 1.807) is 18.2 Å². The van der Waals surface area contributed by atoms with Crippen molar-refractivity contribution in [3.05, 3.63) is 81.7 Å². The van der Waals surface area contributed by atoms with Gasteiger partial charge in [0.2, 0.25) is 5.91 Å². The first-order valence-electron chi connectivity index (χ1n) is 9.20. The predicted molar refractivity (Wildman–Crippen MR) is 130 cm³/mol. The molecule has 1 aromatic heterocycles. The van der Waals surface area contributed by atoms with Gasteiger partial charge < -0.3 is 10.4 Å². The topological polar surface area (TPSA) is 80.0 Å². The number of hydrogen-bond acceptors (Lipinski definition) is 5. The van der Waals surface area contributed by atoms with Crippen molar-refractivity contribution in [1.29, 1.82) is 0 Å². The zero-order valence-electron chi connectivity index (χ0n) is 16.0. The summed E-state index contributed by atoms with van der Waals surface area (Å²) >= 11 is 8.14. The fourth-order valence-electron chi connectivity index (χ4n) is 2.91. The van der Waals surface area contributed by atoms with Gasteiger partial charge in [-0.05, 0) is 58.4 Å². The van der Waals surface area contributed by atoms with Gasteiger partial charge in [-0.3, -0.25) is 9.36 Å². The fraction of sp³-hybridized carbons (Fsp3) is 0.0455. The third kappa shape index (κ3) is 5.00. The van der Waals surface area contributed by atoms with Crippen LogP contribution in [0.25, 0.3) is 17.1 Å². The lowest BCUT2D eigenvalue weighted by Gasteiger charge is -2.11. The number of halogens is 2. The first kappa shape index (κ1) is 21.6. The Hall–Kier alpha value is -2.62. The van der Waals surface area contributed by atoms with E-state index in [0.29, 0.717) is 22.2 Å². The Kier molecular flexibility index (Phi) is 6.74. The standard InChI is InChI=1S/C22H16Br2N4O2S/c23-14-10-11-19(29)16(12-14)21-26-27-22(28(21)15-6-2-1-3-7-15)31-13-20(30)25-18-9-5-4-8-17(18)24/h1-12,29H,13H2,(H,25,30). The molecule has 0 saturated carbocycles. The van der Waals surface area contributed by atoms with Crippen molar-refractivity contribution in [2.45, 2.75) is 5.16 Å². The van der Waals surface area contributed by atoms with Crippen LogP contribution >= 0.6 is 43.6 Å². The van der Waals surface area contributed by atoms with Crippen molar-refractivity contribution in [2.24, 2.45) is 0 Å². The number of nitrogens with one attached hydrogen (secondary N) is 1. The van der Waals surface area contributed by atoms with E-state index in [0.717, 1.165) is 14.6 Å². The second kappa shape index (κ2) is 9.67. The van der Waals surface area contributed by atoms with Gasteiger partial charge in [0.05, 0.1) is 17.0 Å². The van der Waals surface area contributed by atoms with E-state index in [2.05, 4.69) is 47.4 Å². The van der Waals surface area contributed by atoms with E-state index >= 15 is 0 Å². The van der Waals surface area contributed by atoms with E-state index in [-0.39, 0.29) is 17.4 Å². The van der Waals surface area contributed by atoms with Crippen molar-refractivity contribution in [3.63, 3.8) is 0 Å². The number of thioether (sulfide) groups is 1. The molecule has 0 unspecified atom stereocenters. The van der Waals surface area contributed by atoms with Crippen LogP contribution in [0.4, 0.5) is 5.69 Å². The van der Waals surface area contributed by atoms with Crippen molar-refractivity contribution in [1.82, 2.24) is 14.8 Å². The van der Waals surface area contributed by atoms with Crippen molar-refractivity contribution in [3.8, 4) is 22.8 Å². The highest BCUT2D eigenvalue weighted by atomic mass is 79.9. The number of carbonyl (C=O) groups is 1. The van der Waals surface area contributed by atoms with Gasteiger partial charge in [-0.25, -0.2) is 0 Å². The number of benzene rings is 3. The largest absolute Gasteiger partial charge is 0.507 e. The first-order valence-corrected chi connectivity index (χ1v) is 11.8. The molecule has 156 valence electrons. The Morgan fingerprint density at radius 2 is 1.74 bits per heavy atom. The third-order valence-corrected chi connectivity index (χ3v) is 6.44. The second-order valence-corrected chi connectivity index (χ2v) is 9.17. The number of aromatic nitrogens is 3. The number of hydrogen-bond donors (Lipinski definition) is 2. The summed E-state index contributed by atoms with van der Waals surface area (Å²) in [4.78, 5) is 12.5. The third-order valence-electron chi connectivity index (χ3n) is 4.33. The molecular formula is C22H16Br2N4O2S. The van der Waals surface area contributed by atoms with Gasteiger partial charge in [-0.15, -0.1) is 10.2 Å². The number of nitrogens with zero attached hydrogens (tertiary/aromatic N) is 3. The zero-order valence-corrected chi connectivity index (χ0v) is 20.0. The average Bonchev–Trinajstić information content (AvgIpc) is 3.20. The molecule has 0 aliphatic heterocycles. The SMILES string of the molecule is O=C(CSc1nnc(-c2cc(Br)ccc2O)n1-c1ccccc1)Nc1ccccc1Br. The molecule has 0 bridgehead atoms. The van der Waals surface area contributed by atoms with Crippen molar-refractivity contribution >= 4 is 55.2 Å². The smallest absolute Gasteiger partial charge is 0.234 e. The minimum absolute atomic E-state index is 0.0935. The molecule has 4 rings (SSSR count). The number of phenols is 1. The number of anilines is 1. The van der Waals surface area contributed by atoms with Gasteiger partial charge in [-0.2, -0.15) is 0 Å². The Morgan fingerprint density at radius 1 is 1.00 bits per heavy atom. The highest BCUT2D eigenvalue weighted by Crippen LogP contribution is 2.34. The second-order valence-electron chi connectivity index (χ2n) is 6.46. The monoisotopic (exact) mass is 558 g/mol. The molecule has 1 amide bonds. The minimum atomic E-state index is -0.161. The number of amides is 1. The van der Waals surface area contributed by atoms with Gasteiger partial charge >= 0.3 is 0 Å². The number of para-hydroxylation sites is 2. The maximum Gasteiger partial charge on any atom is 0.234 e. The van der Waals surface area contributed by atoms with Crippen molar-refractivity contribution < 1.29 is 9.90 Å². The van der Waals surface area contributed by atoms with E-state index in [9.17, 15) is 9.90 Å². The summed E-state index contributed by atoms with van der Waals surface area (Å²) in [6.07, 6.45) is 0. The molecule has 0 aliphatic rings.